The van der Waals surface area contributed by atoms with Crippen molar-refractivity contribution in [3.8, 4) is 11.6 Å². The van der Waals surface area contributed by atoms with Gasteiger partial charge in [0.05, 0.1) is 0 Å². The zero-order chi connectivity index (χ0) is 13.7. The Balaban J connectivity index is 2.32. The summed E-state index contributed by atoms with van der Waals surface area (Å²) in [6.45, 7) is 0.712. The number of rotatable bonds is 5. The van der Waals surface area contributed by atoms with Crippen LogP contribution in [0.2, 0.25) is 0 Å². The Morgan fingerprint density at radius 2 is 2.16 bits per heavy atom. The summed E-state index contributed by atoms with van der Waals surface area (Å²) in [6.07, 6.45) is 3.78. The predicted octanol–water partition coefficient (Wildman–Crippen LogP) is 4.08. The molecule has 0 saturated carbocycles. The maximum atomic E-state index is 5.95. The largest absolute Gasteiger partial charge is 0.438 e. The Labute approximate surface area is 125 Å². The second-order valence-corrected chi connectivity index (χ2v) is 5.66. The predicted molar refractivity (Wildman–Crippen MR) is 83.0 cm³/mol. The molecule has 0 saturated heterocycles. The molecule has 100 valence electrons. The quantitative estimate of drug-likeness (QED) is 0.833. The van der Waals surface area contributed by atoms with Gasteiger partial charge < -0.3 is 10.1 Å². The molecule has 0 bridgehead atoms. The van der Waals surface area contributed by atoms with E-state index in [2.05, 4.69) is 26.2 Å². The molecule has 0 fully saturated rings. The van der Waals surface area contributed by atoms with Gasteiger partial charge in [0, 0.05) is 27.7 Å². The van der Waals surface area contributed by atoms with Gasteiger partial charge in [0.2, 0.25) is 5.88 Å². The number of hydrogen-bond acceptors (Lipinski definition) is 4. The van der Waals surface area contributed by atoms with Gasteiger partial charge in [0.1, 0.15) is 5.75 Å². The minimum Gasteiger partial charge on any atom is -0.438 e. The zero-order valence-corrected chi connectivity index (χ0v) is 13.2. The van der Waals surface area contributed by atoms with Gasteiger partial charge in [-0.1, -0.05) is 12.1 Å². The summed E-state index contributed by atoms with van der Waals surface area (Å²) in [7, 11) is 1.90. The van der Waals surface area contributed by atoms with E-state index in [1.165, 1.54) is 0 Å². The number of thioether (sulfide) groups is 1. The van der Waals surface area contributed by atoms with E-state index in [1.807, 2.05) is 43.6 Å². The number of para-hydroxylation sites is 1. The van der Waals surface area contributed by atoms with E-state index in [9.17, 15) is 0 Å². The van der Waals surface area contributed by atoms with E-state index in [-0.39, 0.29) is 0 Å². The van der Waals surface area contributed by atoms with Crippen molar-refractivity contribution in [2.45, 2.75) is 11.4 Å². The number of ether oxygens (including phenoxy) is 1. The van der Waals surface area contributed by atoms with Crippen LogP contribution in [-0.2, 0) is 6.54 Å². The van der Waals surface area contributed by atoms with Gasteiger partial charge in [-0.05, 0) is 47.4 Å². The summed E-state index contributed by atoms with van der Waals surface area (Å²) < 4.78 is 6.89. The highest BCUT2D eigenvalue weighted by molar-refractivity contribution is 9.10. The van der Waals surface area contributed by atoms with Gasteiger partial charge in [-0.2, -0.15) is 0 Å². The molecule has 5 heteroatoms. The third kappa shape index (κ3) is 3.72. The molecule has 1 N–H and O–H groups in total. The fraction of sp³-hybridized carbons (Fsp3) is 0.214. The molecule has 0 unspecified atom stereocenters. The molecule has 0 aliphatic heterocycles. The summed E-state index contributed by atoms with van der Waals surface area (Å²) in [5, 5.41) is 3.12. The highest BCUT2D eigenvalue weighted by atomic mass is 79.9. The molecule has 1 heterocycles. The van der Waals surface area contributed by atoms with Gasteiger partial charge in [0.25, 0.3) is 0 Å². The van der Waals surface area contributed by atoms with E-state index in [0.29, 0.717) is 12.4 Å². The lowest BCUT2D eigenvalue weighted by atomic mass is 10.2. The number of benzene rings is 1. The third-order valence-electron chi connectivity index (χ3n) is 2.53. The average molecular weight is 339 g/mol. The zero-order valence-electron chi connectivity index (χ0n) is 10.8. The molecule has 0 atom stereocenters. The Morgan fingerprint density at radius 3 is 2.89 bits per heavy atom. The van der Waals surface area contributed by atoms with E-state index >= 15 is 0 Å². The lowest BCUT2D eigenvalue weighted by Crippen LogP contribution is -2.07. The normalized spacial score (nSPS) is 10.5. The van der Waals surface area contributed by atoms with Crippen LogP contribution in [-0.4, -0.2) is 18.3 Å². The van der Waals surface area contributed by atoms with Crippen molar-refractivity contribution in [2.24, 2.45) is 0 Å². The second kappa shape index (κ2) is 6.93. The average Bonchev–Trinajstić information content (AvgIpc) is 2.43. The van der Waals surface area contributed by atoms with Crippen LogP contribution in [0.1, 0.15) is 5.56 Å². The molecule has 0 aliphatic carbocycles. The SMILES string of the molecule is CNCc1cc(Br)cnc1Oc1ccccc1SC. The fourth-order valence-corrected chi connectivity index (χ4v) is 2.59. The van der Waals surface area contributed by atoms with Gasteiger partial charge in [0.15, 0.2) is 0 Å². The molecule has 0 amide bonds. The highest BCUT2D eigenvalue weighted by Crippen LogP contribution is 2.32. The molecule has 0 radical (unpaired) electrons. The number of pyridine rings is 1. The molecule has 19 heavy (non-hydrogen) atoms. The number of nitrogens with zero attached hydrogens (tertiary/aromatic N) is 1. The van der Waals surface area contributed by atoms with Crippen LogP contribution < -0.4 is 10.1 Å². The van der Waals surface area contributed by atoms with Crippen LogP contribution >= 0.6 is 27.7 Å². The molecular formula is C14H15BrN2OS. The smallest absolute Gasteiger partial charge is 0.223 e. The van der Waals surface area contributed by atoms with Crippen molar-refractivity contribution in [3.05, 3.63) is 46.6 Å². The van der Waals surface area contributed by atoms with Crippen LogP contribution in [0.3, 0.4) is 0 Å². The van der Waals surface area contributed by atoms with Crippen molar-refractivity contribution < 1.29 is 4.74 Å². The molecular weight excluding hydrogens is 324 g/mol. The summed E-state index contributed by atoms with van der Waals surface area (Å²) in [4.78, 5) is 5.45. The Bertz CT molecular complexity index is 563. The van der Waals surface area contributed by atoms with Gasteiger partial charge in [-0.15, -0.1) is 11.8 Å². The minimum absolute atomic E-state index is 0.638. The lowest BCUT2D eigenvalue weighted by Gasteiger charge is -2.12. The van der Waals surface area contributed by atoms with Crippen molar-refractivity contribution in [3.63, 3.8) is 0 Å². The highest BCUT2D eigenvalue weighted by Gasteiger charge is 2.09. The molecule has 1 aromatic heterocycles. The summed E-state index contributed by atoms with van der Waals surface area (Å²) in [5.41, 5.74) is 1.02. The van der Waals surface area contributed by atoms with E-state index in [0.717, 1.165) is 20.7 Å². The number of hydrogen-bond donors (Lipinski definition) is 1. The first-order valence-corrected chi connectivity index (χ1v) is 7.86. The minimum atomic E-state index is 0.638. The van der Waals surface area contributed by atoms with E-state index < -0.39 is 0 Å². The number of nitrogens with one attached hydrogen (secondary N) is 1. The molecule has 2 aromatic rings. The Morgan fingerprint density at radius 1 is 1.37 bits per heavy atom. The summed E-state index contributed by atoms with van der Waals surface area (Å²) >= 11 is 5.09. The van der Waals surface area contributed by atoms with Crippen molar-refractivity contribution in [2.75, 3.05) is 13.3 Å². The van der Waals surface area contributed by atoms with Crippen LogP contribution in [0.15, 0.2) is 45.9 Å². The first-order chi connectivity index (χ1) is 9.24. The standard InChI is InChI=1S/C14H15BrN2OS/c1-16-8-10-7-11(15)9-17-14(10)18-12-5-3-4-6-13(12)19-2/h3-7,9,16H,8H2,1-2H3. The van der Waals surface area contributed by atoms with Crippen LogP contribution in [0.4, 0.5) is 0 Å². The van der Waals surface area contributed by atoms with Gasteiger partial charge in [-0.3, -0.25) is 0 Å². The number of aromatic nitrogens is 1. The first kappa shape index (κ1) is 14.4. The monoisotopic (exact) mass is 338 g/mol. The molecule has 1 aromatic carbocycles. The third-order valence-corrected chi connectivity index (χ3v) is 3.75. The van der Waals surface area contributed by atoms with E-state index in [1.54, 1.807) is 18.0 Å². The Kier molecular flexibility index (Phi) is 5.24. The number of halogens is 1. The fourth-order valence-electron chi connectivity index (χ4n) is 1.68. The summed E-state index contributed by atoms with van der Waals surface area (Å²) in [6, 6.07) is 9.98. The van der Waals surface area contributed by atoms with Crippen molar-refractivity contribution in [1.29, 1.82) is 0 Å². The molecule has 2 rings (SSSR count). The van der Waals surface area contributed by atoms with Crippen molar-refractivity contribution in [1.82, 2.24) is 10.3 Å². The molecule has 0 aliphatic rings. The van der Waals surface area contributed by atoms with Gasteiger partial charge >= 0.3 is 0 Å². The van der Waals surface area contributed by atoms with Crippen LogP contribution in [0.25, 0.3) is 0 Å². The van der Waals surface area contributed by atoms with E-state index in [4.69, 9.17) is 4.74 Å². The maximum Gasteiger partial charge on any atom is 0.223 e. The Hall–Kier alpha value is -1.04. The topological polar surface area (TPSA) is 34.2 Å². The van der Waals surface area contributed by atoms with Crippen LogP contribution in [0.5, 0.6) is 11.6 Å². The molecule has 3 nitrogen and oxygen atoms in total. The first-order valence-electron chi connectivity index (χ1n) is 5.84. The maximum absolute atomic E-state index is 5.95. The van der Waals surface area contributed by atoms with Crippen molar-refractivity contribution >= 4 is 27.7 Å². The van der Waals surface area contributed by atoms with Gasteiger partial charge in [-0.25, -0.2) is 4.98 Å². The van der Waals surface area contributed by atoms with Crippen LogP contribution in [0, 0.1) is 0 Å². The molecule has 0 spiro atoms. The second-order valence-electron chi connectivity index (χ2n) is 3.90. The summed E-state index contributed by atoms with van der Waals surface area (Å²) in [5.74, 6) is 1.47. The lowest BCUT2D eigenvalue weighted by molar-refractivity contribution is 0.444.